The van der Waals surface area contributed by atoms with Crippen molar-refractivity contribution in [3.63, 3.8) is 0 Å². The summed E-state index contributed by atoms with van der Waals surface area (Å²) in [6, 6.07) is 4.65. The molecule has 0 amide bonds. The number of benzene rings is 1. The Kier molecular flexibility index (Phi) is 4.79. The molecule has 0 radical (unpaired) electrons. The SMILES string of the molecule is NC(/C1=C/CCCCCC1)c1ccc(Cl)c(F)c1. The van der Waals surface area contributed by atoms with E-state index in [-0.39, 0.29) is 11.1 Å². The molecule has 0 spiro atoms. The molecule has 1 unspecified atom stereocenters. The number of hydrogen-bond acceptors (Lipinski definition) is 1. The van der Waals surface area contributed by atoms with E-state index in [0.29, 0.717) is 0 Å². The normalized spacial score (nSPS) is 21.6. The van der Waals surface area contributed by atoms with Gasteiger partial charge in [-0.05, 0) is 43.4 Å². The van der Waals surface area contributed by atoms with Crippen molar-refractivity contribution in [1.29, 1.82) is 0 Å². The molecule has 0 aromatic heterocycles. The van der Waals surface area contributed by atoms with Crippen molar-refractivity contribution in [2.45, 2.75) is 44.6 Å². The molecule has 98 valence electrons. The van der Waals surface area contributed by atoms with Crippen molar-refractivity contribution in [2.75, 3.05) is 0 Å². The molecule has 1 aliphatic rings. The van der Waals surface area contributed by atoms with Gasteiger partial charge >= 0.3 is 0 Å². The molecular weight excluding hydrogens is 249 g/mol. The fraction of sp³-hybridized carbons (Fsp3) is 0.467. The zero-order chi connectivity index (χ0) is 13.0. The molecule has 0 aliphatic heterocycles. The van der Waals surface area contributed by atoms with Crippen LogP contribution in [0.15, 0.2) is 29.8 Å². The van der Waals surface area contributed by atoms with Crippen LogP contribution < -0.4 is 5.73 Å². The summed E-state index contributed by atoms with van der Waals surface area (Å²) in [6.07, 6.45) is 9.30. The van der Waals surface area contributed by atoms with Crippen LogP contribution >= 0.6 is 11.6 Å². The number of hydrogen-bond donors (Lipinski definition) is 1. The van der Waals surface area contributed by atoms with Gasteiger partial charge in [0.05, 0.1) is 11.1 Å². The van der Waals surface area contributed by atoms with E-state index in [1.165, 1.54) is 37.3 Å². The fourth-order valence-electron chi connectivity index (χ4n) is 2.42. The fourth-order valence-corrected chi connectivity index (χ4v) is 2.54. The van der Waals surface area contributed by atoms with Crippen LogP contribution in [0.3, 0.4) is 0 Å². The third-order valence-corrected chi connectivity index (χ3v) is 3.83. The summed E-state index contributed by atoms with van der Waals surface area (Å²) >= 11 is 5.69. The van der Waals surface area contributed by atoms with E-state index in [1.54, 1.807) is 6.07 Å². The molecule has 1 aromatic rings. The maximum atomic E-state index is 13.4. The lowest BCUT2D eigenvalue weighted by atomic mass is 9.91. The molecule has 1 aliphatic carbocycles. The largest absolute Gasteiger partial charge is 0.321 e. The molecule has 0 fully saturated rings. The smallest absolute Gasteiger partial charge is 0.142 e. The van der Waals surface area contributed by atoms with Gasteiger partial charge in [0.15, 0.2) is 0 Å². The van der Waals surface area contributed by atoms with Gasteiger partial charge in [0, 0.05) is 0 Å². The van der Waals surface area contributed by atoms with Gasteiger partial charge in [-0.1, -0.05) is 42.2 Å². The molecule has 1 aromatic carbocycles. The van der Waals surface area contributed by atoms with Crippen LogP contribution in [0.25, 0.3) is 0 Å². The molecular formula is C15H19ClFN. The highest BCUT2D eigenvalue weighted by Crippen LogP contribution is 2.28. The summed E-state index contributed by atoms with van der Waals surface area (Å²) in [5, 5.41) is 0.151. The van der Waals surface area contributed by atoms with Crippen molar-refractivity contribution in [3.8, 4) is 0 Å². The second-order valence-corrected chi connectivity index (χ2v) is 5.29. The molecule has 1 nitrogen and oxygen atoms in total. The molecule has 0 heterocycles. The third kappa shape index (κ3) is 3.33. The van der Waals surface area contributed by atoms with Crippen LogP contribution in [-0.4, -0.2) is 0 Å². The Morgan fingerprint density at radius 3 is 2.72 bits per heavy atom. The first-order valence-electron chi connectivity index (χ1n) is 6.58. The molecule has 0 saturated carbocycles. The van der Waals surface area contributed by atoms with Gasteiger partial charge < -0.3 is 5.73 Å². The Morgan fingerprint density at radius 2 is 1.94 bits per heavy atom. The van der Waals surface area contributed by atoms with E-state index in [0.717, 1.165) is 18.4 Å². The van der Waals surface area contributed by atoms with Crippen LogP contribution in [0.2, 0.25) is 5.02 Å². The first kappa shape index (κ1) is 13.6. The lowest BCUT2D eigenvalue weighted by molar-refractivity contribution is 0.598. The van der Waals surface area contributed by atoms with Crippen molar-refractivity contribution in [1.82, 2.24) is 0 Å². The van der Waals surface area contributed by atoms with Crippen molar-refractivity contribution in [3.05, 3.63) is 46.3 Å². The molecule has 2 N–H and O–H groups in total. The Labute approximate surface area is 113 Å². The van der Waals surface area contributed by atoms with Gasteiger partial charge in [-0.25, -0.2) is 4.39 Å². The summed E-state index contributed by atoms with van der Waals surface area (Å²) in [5.41, 5.74) is 8.27. The highest BCUT2D eigenvalue weighted by molar-refractivity contribution is 6.30. The average molecular weight is 268 g/mol. The number of halogens is 2. The second-order valence-electron chi connectivity index (χ2n) is 4.88. The third-order valence-electron chi connectivity index (χ3n) is 3.53. The maximum absolute atomic E-state index is 13.4. The Hall–Kier alpha value is -0.860. The van der Waals surface area contributed by atoms with E-state index >= 15 is 0 Å². The lowest BCUT2D eigenvalue weighted by Crippen LogP contribution is -2.14. The first-order chi connectivity index (χ1) is 8.68. The summed E-state index contributed by atoms with van der Waals surface area (Å²) in [5.74, 6) is -0.393. The predicted octanol–water partition coefficient (Wildman–Crippen LogP) is 4.76. The minimum Gasteiger partial charge on any atom is -0.321 e. The number of rotatable bonds is 2. The van der Waals surface area contributed by atoms with Gasteiger partial charge in [-0.2, -0.15) is 0 Å². The summed E-state index contributed by atoms with van der Waals surface area (Å²) in [4.78, 5) is 0. The lowest BCUT2D eigenvalue weighted by Gasteiger charge is -2.19. The van der Waals surface area contributed by atoms with Crippen molar-refractivity contribution in [2.24, 2.45) is 5.73 Å². The summed E-state index contributed by atoms with van der Waals surface area (Å²) in [6.45, 7) is 0. The van der Waals surface area contributed by atoms with Crippen LogP contribution in [0, 0.1) is 5.82 Å². The van der Waals surface area contributed by atoms with Crippen molar-refractivity contribution < 1.29 is 4.39 Å². The molecule has 1 atom stereocenters. The monoisotopic (exact) mass is 267 g/mol. The second kappa shape index (κ2) is 6.35. The number of nitrogens with two attached hydrogens (primary N) is 1. The molecule has 0 bridgehead atoms. The average Bonchev–Trinajstić information content (AvgIpc) is 2.31. The highest BCUT2D eigenvalue weighted by atomic mass is 35.5. The molecule has 0 saturated heterocycles. The molecule has 18 heavy (non-hydrogen) atoms. The predicted molar refractivity (Wildman–Crippen MR) is 74.1 cm³/mol. The molecule has 3 heteroatoms. The Morgan fingerprint density at radius 1 is 1.17 bits per heavy atom. The van der Waals surface area contributed by atoms with Gasteiger partial charge in [-0.3, -0.25) is 0 Å². The van der Waals surface area contributed by atoms with E-state index in [9.17, 15) is 4.39 Å². The minimum absolute atomic E-state index is 0.151. The quantitative estimate of drug-likeness (QED) is 0.768. The van der Waals surface area contributed by atoms with Gasteiger partial charge in [0.25, 0.3) is 0 Å². The van der Waals surface area contributed by atoms with Crippen LogP contribution in [0.1, 0.15) is 50.1 Å². The van der Waals surface area contributed by atoms with Crippen molar-refractivity contribution >= 4 is 11.6 Å². The van der Waals surface area contributed by atoms with Crippen LogP contribution in [0.4, 0.5) is 4.39 Å². The van der Waals surface area contributed by atoms with Gasteiger partial charge in [-0.15, -0.1) is 0 Å². The van der Waals surface area contributed by atoms with E-state index in [1.807, 2.05) is 6.07 Å². The van der Waals surface area contributed by atoms with E-state index in [2.05, 4.69) is 6.08 Å². The Balaban J connectivity index is 2.18. The van der Waals surface area contributed by atoms with Crippen LogP contribution in [-0.2, 0) is 0 Å². The van der Waals surface area contributed by atoms with E-state index < -0.39 is 5.82 Å². The summed E-state index contributed by atoms with van der Waals surface area (Å²) in [7, 11) is 0. The first-order valence-corrected chi connectivity index (χ1v) is 6.96. The standard InChI is InChI=1S/C15H19ClFN/c16-13-9-8-12(10-14(13)17)15(18)11-6-4-2-1-3-5-7-11/h6,8-10,15H,1-5,7,18H2/b11-6+. The van der Waals surface area contributed by atoms with E-state index in [4.69, 9.17) is 17.3 Å². The maximum Gasteiger partial charge on any atom is 0.142 e. The van der Waals surface area contributed by atoms with Crippen LogP contribution in [0.5, 0.6) is 0 Å². The highest BCUT2D eigenvalue weighted by Gasteiger charge is 2.14. The molecule has 2 rings (SSSR count). The zero-order valence-corrected chi connectivity index (χ0v) is 11.2. The van der Waals surface area contributed by atoms with Gasteiger partial charge in [0.2, 0.25) is 0 Å². The number of allylic oxidation sites excluding steroid dienone is 1. The zero-order valence-electron chi connectivity index (χ0n) is 10.5. The topological polar surface area (TPSA) is 26.0 Å². The minimum atomic E-state index is -0.393. The van der Waals surface area contributed by atoms with Gasteiger partial charge in [0.1, 0.15) is 5.82 Å². The Bertz CT molecular complexity index is 442. The summed E-state index contributed by atoms with van der Waals surface area (Å²) < 4.78 is 13.4.